The summed E-state index contributed by atoms with van der Waals surface area (Å²) in [6.45, 7) is 2.49. The predicted octanol–water partition coefficient (Wildman–Crippen LogP) is 0.0336. The summed E-state index contributed by atoms with van der Waals surface area (Å²) in [5.41, 5.74) is 0. The highest BCUT2D eigenvalue weighted by Gasteiger charge is 2.24. The summed E-state index contributed by atoms with van der Waals surface area (Å²) in [6.07, 6.45) is 4.19. The fraction of sp³-hybridized carbons (Fsp3) is 0.900. The van der Waals surface area contributed by atoms with E-state index in [1.165, 1.54) is 0 Å². The van der Waals surface area contributed by atoms with Gasteiger partial charge in [-0.05, 0) is 32.2 Å². The van der Waals surface area contributed by atoms with Gasteiger partial charge >= 0.3 is 0 Å². The lowest BCUT2D eigenvalue weighted by Crippen LogP contribution is -2.47. The van der Waals surface area contributed by atoms with E-state index in [0.29, 0.717) is 6.61 Å². The standard InChI is InChI=1S/C10H18N2O2/c13-10(9-4-1-5-11-9)12-8-3-2-6-14-7-8/h8-9,11H,1-7H2,(H,12,13). The molecule has 0 aromatic carbocycles. The van der Waals surface area contributed by atoms with Crippen LogP contribution in [0.3, 0.4) is 0 Å². The molecular formula is C10H18N2O2. The van der Waals surface area contributed by atoms with Crippen LogP contribution in [0.1, 0.15) is 25.7 Å². The second-order valence-electron chi connectivity index (χ2n) is 4.07. The summed E-state index contributed by atoms with van der Waals surface area (Å²) < 4.78 is 5.31. The number of hydrogen-bond acceptors (Lipinski definition) is 3. The fourth-order valence-electron chi connectivity index (χ4n) is 2.06. The van der Waals surface area contributed by atoms with Crippen molar-refractivity contribution in [2.45, 2.75) is 37.8 Å². The third-order valence-electron chi connectivity index (χ3n) is 2.88. The summed E-state index contributed by atoms with van der Waals surface area (Å²) in [5, 5.41) is 6.23. The first-order chi connectivity index (χ1) is 6.86. The molecule has 2 N–H and O–H groups in total. The summed E-state index contributed by atoms with van der Waals surface area (Å²) in [4.78, 5) is 11.7. The maximum Gasteiger partial charge on any atom is 0.237 e. The normalized spacial score (nSPS) is 32.9. The Morgan fingerprint density at radius 2 is 2.29 bits per heavy atom. The van der Waals surface area contributed by atoms with Crippen molar-refractivity contribution in [3.8, 4) is 0 Å². The molecule has 14 heavy (non-hydrogen) atoms. The zero-order chi connectivity index (χ0) is 9.80. The van der Waals surface area contributed by atoms with Gasteiger partial charge in [0.05, 0.1) is 18.7 Å². The molecule has 4 heteroatoms. The molecule has 0 aliphatic carbocycles. The molecule has 2 rings (SSSR count). The lowest BCUT2D eigenvalue weighted by atomic mass is 10.1. The van der Waals surface area contributed by atoms with E-state index in [1.54, 1.807) is 0 Å². The molecule has 1 amide bonds. The molecule has 80 valence electrons. The van der Waals surface area contributed by atoms with Crippen LogP contribution in [0.2, 0.25) is 0 Å². The molecule has 2 atom stereocenters. The summed E-state index contributed by atoms with van der Waals surface area (Å²) >= 11 is 0. The van der Waals surface area contributed by atoms with Gasteiger partial charge in [0.15, 0.2) is 0 Å². The third kappa shape index (κ3) is 2.45. The van der Waals surface area contributed by atoms with Crippen molar-refractivity contribution in [1.82, 2.24) is 10.6 Å². The van der Waals surface area contributed by atoms with Crippen LogP contribution in [0.5, 0.6) is 0 Å². The van der Waals surface area contributed by atoms with E-state index in [1.807, 2.05) is 0 Å². The molecular weight excluding hydrogens is 180 g/mol. The third-order valence-corrected chi connectivity index (χ3v) is 2.88. The Hall–Kier alpha value is -0.610. The largest absolute Gasteiger partial charge is 0.379 e. The number of carbonyl (C=O) groups is 1. The van der Waals surface area contributed by atoms with Crippen molar-refractivity contribution in [2.75, 3.05) is 19.8 Å². The first-order valence-corrected chi connectivity index (χ1v) is 5.48. The van der Waals surface area contributed by atoms with E-state index in [0.717, 1.165) is 38.8 Å². The molecule has 0 radical (unpaired) electrons. The molecule has 2 fully saturated rings. The molecule has 2 aliphatic rings. The highest BCUT2D eigenvalue weighted by Crippen LogP contribution is 2.08. The number of nitrogens with one attached hydrogen (secondary N) is 2. The van der Waals surface area contributed by atoms with Crippen molar-refractivity contribution >= 4 is 5.91 Å². The van der Waals surface area contributed by atoms with E-state index in [-0.39, 0.29) is 18.0 Å². The Balaban J connectivity index is 1.75. The van der Waals surface area contributed by atoms with Crippen LogP contribution in [-0.4, -0.2) is 37.7 Å². The molecule has 0 saturated carbocycles. The molecule has 0 aromatic rings. The Bertz CT molecular complexity index is 196. The quantitative estimate of drug-likeness (QED) is 0.658. The van der Waals surface area contributed by atoms with E-state index in [2.05, 4.69) is 10.6 Å². The van der Waals surface area contributed by atoms with Gasteiger partial charge in [0.25, 0.3) is 0 Å². The van der Waals surface area contributed by atoms with Gasteiger partial charge in [-0.15, -0.1) is 0 Å². The Morgan fingerprint density at radius 3 is 2.93 bits per heavy atom. The van der Waals surface area contributed by atoms with Gasteiger partial charge < -0.3 is 15.4 Å². The number of hydrogen-bond donors (Lipinski definition) is 2. The van der Waals surface area contributed by atoms with Crippen molar-refractivity contribution in [2.24, 2.45) is 0 Å². The molecule has 0 bridgehead atoms. The number of rotatable bonds is 2. The van der Waals surface area contributed by atoms with Crippen LogP contribution >= 0.6 is 0 Å². The van der Waals surface area contributed by atoms with E-state index in [4.69, 9.17) is 4.74 Å². The first-order valence-electron chi connectivity index (χ1n) is 5.48. The average Bonchev–Trinajstić information content (AvgIpc) is 2.72. The van der Waals surface area contributed by atoms with Crippen LogP contribution in [0.25, 0.3) is 0 Å². The van der Waals surface area contributed by atoms with Crippen LogP contribution in [-0.2, 0) is 9.53 Å². The van der Waals surface area contributed by atoms with Gasteiger partial charge in [-0.25, -0.2) is 0 Å². The predicted molar refractivity (Wildman–Crippen MR) is 53.0 cm³/mol. The second-order valence-corrected chi connectivity index (χ2v) is 4.07. The molecule has 2 heterocycles. The lowest BCUT2D eigenvalue weighted by Gasteiger charge is -2.24. The van der Waals surface area contributed by atoms with Crippen LogP contribution in [0, 0.1) is 0 Å². The van der Waals surface area contributed by atoms with Crippen molar-refractivity contribution in [3.63, 3.8) is 0 Å². The van der Waals surface area contributed by atoms with Crippen molar-refractivity contribution in [3.05, 3.63) is 0 Å². The topological polar surface area (TPSA) is 50.4 Å². The van der Waals surface area contributed by atoms with Crippen molar-refractivity contribution in [1.29, 1.82) is 0 Å². The van der Waals surface area contributed by atoms with Gasteiger partial charge in [-0.3, -0.25) is 4.79 Å². The average molecular weight is 198 g/mol. The smallest absolute Gasteiger partial charge is 0.237 e. The molecule has 2 aliphatic heterocycles. The van der Waals surface area contributed by atoms with Crippen LogP contribution in [0.4, 0.5) is 0 Å². The van der Waals surface area contributed by atoms with Gasteiger partial charge in [0, 0.05) is 6.61 Å². The molecule has 2 unspecified atom stereocenters. The van der Waals surface area contributed by atoms with Crippen molar-refractivity contribution < 1.29 is 9.53 Å². The molecule has 2 saturated heterocycles. The first kappa shape index (κ1) is 9.93. The van der Waals surface area contributed by atoms with E-state index >= 15 is 0 Å². The highest BCUT2D eigenvalue weighted by molar-refractivity contribution is 5.82. The van der Waals surface area contributed by atoms with Crippen LogP contribution < -0.4 is 10.6 Å². The zero-order valence-electron chi connectivity index (χ0n) is 8.42. The summed E-state index contributed by atoms with van der Waals surface area (Å²) in [7, 11) is 0. The molecule has 4 nitrogen and oxygen atoms in total. The number of carbonyl (C=O) groups excluding carboxylic acids is 1. The zero-order valence-corrected chi connectivity index (χ0v) is 8.42. The Kier molecular flexibility index (Phi) is 3.37. The number of amides is 1. The minimum Gasteiger partial charge on any atom is -0.379 e. The minimum atomic E-state index is 0.0388. The Labute approximate surface area is 84.4 Å². The summed E-state index contributed by atoms with van der Waals surface area (Å²) in [5.74, 6) is 0.151. The molecule has 0 aromatic heterocycles. The minimum absolute atomic E-state index is 0.0388. The Morgan fingerprint density at radius 1 is 1.36 bits per heavy atom. The monoisotopic (exact) mass is 198 g/mol. The molecule has 0 spiro atoms. The van der Waals surface area contributed by atoms with Gasteiger partial charge in [-0.1, -0.05) is 0 Å². The fourth-order valence-corrected chi connectivity index (χ4v) is 2.06. The van der Waals surface area contributed by atoms with Gasteiger partial charge in [-0.2, -0.15) is 0 Å². The number of ether oxygens (including phenoxy) is 1. The van der Waals surface area contributed by atoms with Gasteiger partial charge in [0.2, 0.25) is 5.91 Å². The van der Waals surface area contributed by atoms with E-state index in [9.17, 15) is 4.79 Å². The lowest BCUT2D eigenvalue weighted by molar-refractivity contribution is -0.124. The summed E-state index contributed by atoms with van der Waals surface area (Å²) in [6, 6.07) is 0.274. The SMILES string of the molecule is O=C(NC1CCCOC1)C1CCCN1. The second kappa shape index (κ2) is 4.75. The maximum absolute atomic E-state index is 11.7. The maximum atomic E-state index is 11.7. The van der Waals surface area contributed by atoms with Gasteiger partial charge in [0.1, 0.15) is 0 Å². The van der Waals surface area contributed by atoms with E-state index < -0.39 is 0 Å². The highest BCUT2D eigenvalue weighted by atomic mass is 16.5. The van der Waals surface area contributed by atoms with Crippen LogP contribution in [0.15, 0.2) is 0 Å².